The Bertz CT molecular complexity index is 934. The number of rotatable bonds is 5. The Morgan fingerprint density at radius 1 is 1.00 bits per heavy atom. The Morgan fingerprint density at radius 3 is 2.26 bits per heavy atom. The van der Waals surface area contributed by atoms with Crippen LogP contribution in [0.25, 0.3) is 0 Å². The zero-order valence-corrected chi connectivity index (χ0v) is 14.9. The van der Waals surface area contributed by atoms with E-state index >= 15 is 0 Å². The van der Waals surface area contributed by atoms with Gasteiger partial charge >= 0.3 is 10.1 Å². The summed E-state index contributed by atoms with van der Waals surface area (Å²) in [5.41, 5.74) is 0.754. The second-order valence-electron chi connectivity index (χ2n) is 4.89. The Morgan fingerprint density at radius 2 is 1.65 bits per heavy atom. The van der Waals surface area contributed by atoms with Gasteiger partial charge in [-0.15, -0.1) is 0 Å². The van der Waals surface area contributed by atoms with Crippen LogP contribution in [0.3, 0.4) is 0 Å². The van der Waals surface area contributed by atoms with E-state index in [0.717, 1.165) is 17.9 Å². The molecule has 2 aromatic carbocycles. The van der Waals surface area contributed by atoms with Crippen LogP contribution in [0.15, 0.2) is 52.3 Å². The standard InChI is InChI=1S/C15H15ClO5S2/c1-3-11-9-12(7-8-15(11)16)21-23(19,20)14-6-4-5-13(10-14)22(2,17)18/h4-10H,3H2,1-2H3. The fraction of sp³-hybridized carbons (Fsp3) is 0.200. The molecule has 124 valence electrons. The van der Waals surface area contributed by atoms with Gasteiger partial charge in [-0.2, -0.15) is 8.42 Å². The van der Waals surface area contributed by atoms with E-state index in [1.807, 2.05) is 6.92 Å². The molecule has 0 saturated heterocycles. The highest BCUT2D eigenvalue weighted by Crippen LogP contribution is 2.26. The molecule has 0 saturated carbocycles. The van der Waals surface area contributed by atoms with Crippen molar-refractivity contribution in [2.24, 2.45) is 0 Å². The van der Waals surface area contributed by atoms with Gasteiger partial charge in [0.25, 0.3) is 0 Å². The number of hydrogen-bond donors (Lipinski definition) is 0. The molecule has 5 nitrogen and oxygen atoms in total. The monoisotopic (exact) mass is 374 g/mol. The van der Waals surface area contributed by atoms with Gasteiger partial charge in [-0.3, -0.25) is 0 Å². The van der Waals surface area contributed by atoms with Crippen molar-refractivity contribution in [1.82, 2.24) is 0 Å². The van der Waals surface area contributed by atoms with E-state index in [0.29, 0.717) is 11.4 Å². The van der Waals surface area contributed by atoms with Gasteiger partial charge in [-0.25, -0.2) is 8.42 Å². The smallest absolute Gasteiger partial charge is 0.339 e. The topological polar surface area (TPSA) is 77.5 Å². The third-order valence-corrected chi connectivity index (χ3v) is 5.85. The summed E-state index contributed by atoms with van der Waals surface area (Å²) in [6, 6.07) is 9.57. The molecule has 2 aromatic rings. The maximum Gasteiger partial charge on any atom is 0.339 e. The molecule has 0 radical (unpaired) electrons. The minimum atomic E-state index is -4.14. The van der Waals surface area contributed by atoms with Crippen LogP contribution in [0, 0.1) is 0 Å². The lowest BCUT2D eigenvalue weighted by molar-refractivity contribution is 0.485. The largest absolute Gasteiger partial charge is 0.379 e. The highest BCUT2D eigenvalue weighted by molar-refractivity contribution is 7.90. The molecule has 0 fully saturated rings. The molecule has 0 amide bonds. The summed E-state index contributed by atoms with van der Waals surface area (Å²) in [4.78, 5) is -0.319. The second-order valence-corrected chi connectivity index (χ2v) is 8.86. The fourth-order valence-corrected chi connectivity index (χ4v) is 3.87. The SMILES string of the molecule is CCc1cc(OS(=O)(=O)c2cccc(S(C)(=O)=O)c2)ccc1Cl. The quantitative estimate of drug-likeness (QED) is 0.751. The van der Waals surface area contributed by atoms with Crippen LogP contribution in [-0.2, 0) is 26.4 Å². The van der Waals surface area contributed by atoms with Gasteiger partial charge in [0.2, 0.25) is 0 Å². The zero-order valence-electron chi connectivity index (χ0n) is 12.5. The second kappa shape index (κ2) is 6.51. The van der Waals surface area contributed by atoms with E-state index < -0.39 is 20.0 Å². The molecule has 0 atom stereocenters. The van der Waals surface area contributed by atoms with Crippen molar-refractivity contribution >= 4 is 31.6 Å². The molecule has 0 bridgehead atoms. The van der Waals surface area contributed by atoms with Crippen molar-refractivity contribution in [3.05, 3.63) is 53.1 Å². The summed E-state index contributed by atoms with van der Waals surface area (Å²) in [5, 5.41) is 0.524. The van der Waals surface area contributed by atoms with Crippen molar-refractivity contribution in [2.75, 3.05) is 6.26 Å². The van der Waals surface area contributed by atoms with Crippen LogP contribution in [0.1, 0.15) is 12.5 Å². The molecule has 0 aliphatic carbocycles. The van der Waals surface area contributed by atoms with Gasteiger partial charge in [0.15, 0.2) is 9.84 Å². The molecule has 0 aromatic heterocycles. The molecule has 0 spiro atoms. The maximum atomic E-state index is 12.3. The van der Waals surface area contributed by atoms with Crippen molar-refractivity contribution in [3.63, 3.8) is 0 Å². The van der Waals surface area contributed by atoms with E-state index in [1.165, 1.54) is 24.3 Å². The molecular weight excluding hydrogens is 360 g/mol. The van der Waals surface area contributed by atoms with Gasteiger partial charge in [0, 0.05) is 11.3 Å². The first-order valence-corrected chi connectivity index (χ1v) is 10.3. The third-order valence-electron chi connectivity index (χ3n) is 3.13. The molecule has 8 heteroatoms. The van der Waals surface area contributed by atoms with E-state index in [1.54, 1.807) is 12.1 Å². The minimum absolute atomic E-state index is 0.0903. The molecule has 23 heavy (non-hydrogen) atoms. The first-order valence-electron chi connectivity index (χ1n) is 6.66. The molecule has 0 unspecified atom stereocenters. The lowest BCUT2D eigenvalue weighted by atomic mass is 10.2. The van der Waals surface area contributed by atoms with Crippen LogP contribution in [0.5, 0.6) is 5.75 Å². The molecule has 0 aliphatic heterocycles. The van der Waals surface area contributed by atoms with Crippen LogP contribution >= 0.6 is 11.6 Å². The zero-order chi connectivity index (χ0) is 17.3. The molecule has 0 aliphatic rings. The third kappa shape index (κ3) is 4.25. The van der Waals surface area contributed by atoms with Gasteiger partial charge in [-0.1, -0.05) is 24.6 Å². The Balaban J connectivity index is 2.40. The lowest BCUT2D eigenvalue weighted by Gasteiger charge is -2.10. The van der Waals surface area contributed by atoms with E-state index in [-0.39, 0.29) is 15.5 Å². The number of benzene rings is 2. The van der Waals surface area contributed by atoms with E-state index in [9.17, 15) is 16.8 Å². The van der Waals surface area contributed by atoms with Crippen LogP contribution in [0.4, 0.5) is 0 Å². The number of halogens is 1. The van der Waals surface area contributed by atoms with Crippen molar-refractivity contribution in [2.45, 2.75) is 23.1 Å². The summed E-state index contributed by atoms with van der Waals surface area (Å²) < 4.78 is 52.8. The summed E-state index contributed by atoms with van der Waals surface area (Å²) >= 11 is 5.98. The fourth-order valence-electron chi connectivity index (χ4n) is 1.91. The Labute approximate surface area is 140 Å². The molecule has 2 rings (SSSR count). The van der Waals surface area contributed by atoms with Crippen molar-refractivity contribution in [1.29, 1.82) is 0 Å². The normalized spacial score (nSPS) is 12.1. The molecule has 0 N–H and O–H groups in total. The van der Waals surface area contributed by atoms with Crippen LogP contribution in [0.2, 0.25) is 5.02 Å². The highest BCUT2D eigenvalue weighted by atomic mass is 35.5. The summed E-state index contributed by atoms with van der Waals surface area (Å²) in [7, 11) is -7.65. The summed E-state index contributed by atoms with van der Waals surface area (Å²) in [6.07, 6.45) is 1.63. The number of sulfone groups is 1. The number of hydrogen-bond acceptors (Lipinski definition) is 5. The predicted molar refractivity (Wildman–Crippen MR) is 88.2 cm³/mol. The Kier molecular flexibility index (Phi) is 5.03. The molecule has 0 heterocycles. The summed E-state index contributed by atoms with van der Waals surface area (Å²) in [5.74, 6) is 0.121. The predicted octanol–water partition coefficient (Wildman–Crippen LogP) is 3.07. The van der Waals surface area contributed by atoms with Crippen LogP contribution in [-0.4, -0.2) is 23.1 Å². The van der Waals surface area contributed by atoms with Crippen molar-refractivity contribution < 1.29 is 21.0 Å². The first kappa shape index (κ1) is 17.8. The molecular formula is C15H15ClO5S2. The van der Waals surface area contributed by atoms with Gasteiger partial charge < -0.3 is 4.18 Å². The van der Waals surface area contributed by atoms with Gasteiger partial charge in [0.1, 0.15) is 10.6 Å². The first-order chi connectivity index (χ1) is 10.6. The van der Waals surface area contributed by atoms with Gasteiger partial charge in [-0.05, 0) is 48.4 Å². The minimum Gasteiger partial charge on any atom is -0.379 e. The summed E-state index contributed by atoms with van der Waals surface area (Å²) in [6.45, 7) is 1.88. The Hall–Kier alpha value is -1.57. The van der Waals surface area contributed by atoms with E-state index in [4.69, 9.17) is 15.8 Å². The van der Waals surface area contributed by atoms with Crippen LogP contribution < -0.4 is 4.18 Å². The highest BCUT2D eigenvalue weighted by Gasteiger charge is 2.19. The number of aryl methyl sites for hydroxylation is 1. The average molecular weight is 375 g/mol. The van der Waals surface area contributed by atoms with Gasteiger partial charge in [0.05, 0.1) is 4.90 Å². The average Bonchev–Trinajstić information content (AvgIpc) is 2.48. The van der Waals surface area contributed by atoms with Crippen molar-refractivity contribution in [3.8, 4) is 5.75 Å². The van der Waals surface area contributed by atoms with E-state index in [2.05, 4.69) is 0 Å². The lowest BCUT2D eigenvalue weighted by Crippen LogP contribution is -2.11. The maximum absolute atomic E-state index is 12.3.